The van der Waals surface area contributed by atoms with Crippen LogP contribution in [0.5, 0.6) is 0 Å². The Morgan fingerprint density at radius 3 is 2.00 bits per heavy atom. The molecule has 0 N–H and O–H groups in total. The van der Waals surface area contributed by atoms with Gasteiger partial charge in [0.05, 0.1) is 27.1 Å². The van der Waals surface area contributed by atoms with Crippen LogP contribution in [0.25, 0.3) is 0 Å². The Hall–Kier alpha value is -0.830. The molecule has 3 heteroatoms. The minimum absolute atomic E-state index is 0.146. The molecule has 0 heterocycles. The summed E-state index contributed by atoms with van der Waals surface area (Å²) >= 11 is 0. The first-order valence-corrected chi connectivity index (χ1v) is 3.02. The van der Waals surface area contributed by atoms with E-state index in [1.54, 1.807) is 0 Å². The summed E-state index contributed by atoms with van der Waals surface area (Å²) in [6.45, 7) is 3.78. The molecule has 0 unspecified atom stereocenters. The summed E-state index contributed by atoms with van der Waals surface area (Å²) < 4.78 is 0.562. The number of likely N-dealkylation sites (N-methyl/N-ethyl adjacent to an activating group) is 1. The molecular weight excluding hydrogens is 130 g/mol. The van der Waals surface area contributed by atoms with E-state index in [2.05, 4.69) is 6.58 Å². The lowest BCUT2D eigenvalue weighted by molar-refractivity contribution is -0.865. The van der Waals surface area contributed by atoms with Gasteiger partial charge >= 0.3 is 0 Å². The molecule has 0 radical (unpaired) electrons. The number of carboxylic acids is 1. The molecule has 0 aliphatic heterocycles. The Morgan fingerprint density at radius 1 is 1.50 bits per heavy atom. The molecule has 0 bridgehead atoms. The van der Waals surface area contributed by atoms with Crippen LogP contribution in [0.3, 0.4) is 0 Å². The Kier molecular flexibility index (Phi) is 2.60. The van der Waals surface area contributed by atoms with Crippen LogP contribution >= 0.6 is 0 Å². The molecule has 0 spiro atoms. The van der Waals surface area contributed by atoms with Crippen molar-refractivity contribution >= 4 is 5.97 Å². The Bertz CT molecular complexity index is 155. The molecule has 58 valence electrons. The molecule has 0 aliphatic carbocycles. The topological polar surface area (TPSA) is 40.1 Å². The number of aliphatic carboxylic acids is 1. The molecule has 0 amide bonds. The van der Waals surface area contributed by atoms with Gasteiger partial charge in [-0.3, -0.25) is 0 Å². The van der Waals surface area contributed by atoms with E-state index >= 15 is 0 Å². The fraction of sp³-hybridized carbons (Fsp3) is 0.571. The van der Waals surface area contributed by atoms with Crippen molar-refractivity contribution in [3.8, 4) is 0 Å². The van der Waals surface area contributed by atoms with E-state index in [4.69, 9.17) is 0 Å². The smallest absolute Gasteiger partial charge is 0.105 e. The SMILES string of the molecule is C=C(C[N+](C)(C)C)C(=O)[O-]. The van der Waals surface area contributed by atoms with Gasteiger partial charge in [-0.25, -0.2) is 0 Å². The molecule has 10 heavy (non-hydrogen) atoms. The van der Waals surface area contributed by atoms with Crippen molar-refractivity contribution in [2.45, 2.75) is 0 Å². The van der Waals surface area contributed by atoms with Crippen LogP contribution < -0.4 is 5.11 Å². The number of nitrogens with zero attached hydrogens (tertiary/aromatic N) is 1. The van der Waals surface area contributed by atoms with Gasteiger partial charge in [0, 0.05) is 5.57 Å². The second kappa shape index (κ2) is 2.84. The Labute approximate surface area is 61.2 Å². The second-order valence-electron chi connectivity index (χ2n) is 3.34. The lowest BCUT2D eigenvalue weighted by atomic mass is 10.3. The maximum absolute atomic E-state index is 10.2. The van der Waals surface area contributed by atoms with Crippen LogP contribution in [0, 0.1) is 0 Å². The van der Waals surface area contributed by atoms with Crippen molar-refractivity contribution in [2.24, 2.45) is 0 Å². The molecule has 0 aromatic carbocycles. The van der Waals surface area contributed by atoms with Gasteiger partial charge in [-0.1, -0.05) is 6.58 Å². The molecule has 0 saturated carbocycles. The summed E-state index contributed by atoms with van der Waals surface area (Å²) in [6.07, 6.45) is 0. The zero-order valence-electron chi connectivity index (χ0n) is 6.68. The normalized spacial score (nSPS) is 11.1. The number of quaternary nitrogens is 1. The van der Waals surface area contributed by atoms with Crippen LogP contribution in [0.1, 0.15) is 0 Å². The predicted molar refractivity (Wildman–Crippen MR) is 37.0 cm³/mol. The fourth-order valence-corrected chi connectivity index (χ4v) is 0.637. The summed E-state index contributed by atoms with van der Waals surface area (Å²) in [6, 6.07) is 0. The van der Waals surface area contributed by atoms with E-state index < -0.39 is 5.97 Å². The van der Waals surface area contributed by atoms with Crippen molar-refractivity contribution in [1.29, 1.82) is 0 Å². The van der Waals surface area contributed by atoms with Gasteiger partial charge in [-0.2, -0.15) is 0 Å². The first kappa shape index (κ1) is 9.17. The number of carbonyl (C=O) groups excluding carboxylic acids is 1. The van der Waals surface area contributed by atoms with Crippen molar-refractivity contribution < 1.29 is 14.4 Å². The summed E-state index contributed by atoms with van der Waals surface area (Å²) in [5, 5.41) is 10.2. The number of hydrogen-bond acceptors (Lipinski definition) is 2. The molecule has 0 atom stereocenters. The van der Waals surface area contributed by atoms with E-state index in [1.165, 1.54) is 0 Å². The molecular formula is C7H13NO2. The van der Waals surface area contributed by atoms with Crippen LogP contribution in [0.2, 0.25) is 0 Å². The maximum atomic E-state index is 10.2. The van der Waals surface area contributed by atoms with Crippen LogP contribution in [0.4, 0.5) is 0 Å². The van der Waals surface area contributed by atoms with Crippen molar-refractivity contribution in [3.63, 3.8) is 0 Å². The molecule has 0 rings (SSSR count). The quantitative estimate of drug-likeness (QED) is 0.375. The van der Waals surface area contributed by atoms with E-state index in [-0.39, 0.29) is 5.57 Å². The molecule has 3 nitrogen and oxygen atoms in total. The summed E-state index contributed by atoms with van der Waals surface area (Å²) in [5.74, 6) is -1.16. The standard InChI is InChI=1S/C7H13NO2/c1-6(7(9)10)5-8(2,3)4/h1,5H2,2-4H3. The van der Waals surface area contributed by atoms with Crippen LogP contribution in [-0.4, -0.2) is 38.1 Å². The van der Waals surface area contributed by atoms with Crippen LogP contribution in [0.15, 0.2) is 12.2 Å². The Balaban J connectivity index is 3.93. The van der Waals surface area contributed by atoms with E-state index in [0.29, 0.717) is 11.0 Å². The minimum atomic E-state index is -1.16. The number of carboxylic acid groups (broad SMARTS) is 1. The number of rotatable bonds is 3. The molecule has 0 aliphatic rings. The highest BCUT2D eigenvalue weighted by molar-refractivity contribution is 5.83. The van der Waals surface area contributed by atoms with Gasteiger partial charge in [0.15, 0.2) is 0 Å². The average Bonchev–Trinajstić information content (AvgIpc) is 1.60. The fourth-order valence-electron chi connectivity index (χ4n) is 0.637. The zero-order chi connectivity index (χ0) is 8.36. The molecule has 0 aromatic rings. The first-order valence-electron chi connectivity index (χ1n) is 3.02. The van der Waals surface area contributed by atoms with Gasteiger partial charge < -0.3 is 14.4 Å². The van der Waals surface area contributed by atoms with Crippen molar-refractivity contribution in [1.82, 2.24) is 0 Å². The van der Waals surface area contributed by atoms with E-state index in [1.807, 2.05) is 21.1 Å². The van der Waals surface area contributed by atoms with Gasteiger partial charge in [0.1, 0.15) is 6.54 Å². The Morgan fingerprint density at radius 2 is 1.90 bits per heavy atom. The van der Waals surface area contributed by atoms with Gasteiger partial charge in [-0.05, 0) is 0 Å². The van der Waals surface area contributed by atoms with E-state index in [9.17, 15) is 9.90 Å². The second-order valence-corrected chi connectivity index (χ2v) is 3.34. The summed E-state index contributed by atoms with van der Waals surface area (Å²) in [4.78, 5) is 10.2. The monoisotopic (exact) mass is 143 g/mol. The third-order valence-corrected chi connectivity index (χ3v) is 0.954. The highest BCUT2D eigenvalue weighted by Crippen LogP contribution is 1.96. The van der Waals surface area contributed by atoms with E-state index in [0.717, 1.165) is 0 Å². The summed E-state index contributed by atoms with van der Waals surface area (Å²) in [7, 11) is 5.69. The van der Waals surface area contributed by atoms with Gasteiger partial charge in [-0.15, -0.1) is 0 Å². The third kappa shape index (κ3) is 4.09. The lowest BCUT2D eigenvalue weighted by Crippen LogP contribution is -2.40. The van der Waals surface area contributed by atoms with Crippen molar-refractivity contribution in [3.05, 3.63) is 12.2 Å². The van der Waals surface area contributed by atoms with Crippen LogP contribution in [-0.2, 0) is 4.79 Å². The third-order valence-electron chi connectivity index (χ3n) is 0.954. The highest BCUT2D eigenvalue weighted by Gasteiger charge is 2.08. The zero-order valence-corrected chi connectivity index (χ0v) is 6.68. The maximum Gasteiger partial charge on any atom is 0.105 e. The van der Waals surface area contributed by atoms with Gasteiger partial charge in [0.2, 0.25) is 0 Å². The first-order chi connectivity index (χ1) is 4.33. The average molecular weight is 143 g/mol. The summed E-state index contributed by atoms with van der Waals surface area (Å²) in [5.41, 5.74) is 0.146. The number of carbonyl (C=O) groups is 1. The largest absolute Gasteiger partial charge is 0.545 e. The lowest BCUT2D eigenvalue weighted by Gasteiger charge is -2.25. The van der Waals surface area contributed by atoms with Crippen molar-refractivity contribution in [2.75, 3.05) is 27.7 Å². The van der Waals surface area contributed by atoms with Gasteiger partial charge in [0.25, 0.3) is 0 Å². The molecule has 0 saturated heterocycles. The number of hydrogen-bond donors (Lipinski definition) is 0. The predicted octanol–water partition coefficient (Wildman–Crippen LogP) is -1.00. The highest BCUT2D eigenvalue weighted by atomic mass is 16.4. The molecule has 0 fully saturated rings. The minimum Gasteiger partial charge on any atom is -0.545 e. The molecule has 0 aromatic heterocycles.